The monoisotopic (exact) mass is 480 g/mol. The number of hydrogen-bond acceptors (Lipinski definition) is 0. The fourth-order valence-electron chi connectivity index (χ4n) is 6.99. The zero-order valence-electron chi connectivity index (χ0n) is 22.4. The van der Waals surface area contributed by atoms with Gasteiger partial charge >= 0.3 is 203 Å². The van der Waals surface area contributed by atoms with Gasteiger partial charge in [-0.05, 0) is 0 Å². The van der Waals surface area contributed by atoms with Gasteiger partial charge in [-0.2, -0.15) is 0 Å². The van der Waals surface area contributed by atoms with Crippen molar-refractivity contribution in [2.45, 2.75) is 82.2 Å². The molecule has 32 heavy (non-hydrogen) atoms. The fourth-order valence-corrected chi connectivity index (χ4v) is 21.0. The predicted molar refractivity (Wildman–Crippen MR) is 144 cm³/mol. The molecule has 0 N–H and O–H groups in total. The first kappa shape index (κ1) is 25.5. The summed E-state index contributed by atoms with van der Waals surface area (Å²) >= 11 is -2.18. The molecule has 0 heterocycles. The van der Waals surface area contributed by atoms with E-state index in [1.165, 1.54) is 17.2 Å². The van der Waals surface area contributed by atoms with E-state index in [1.54, 1.807) is 27.1 Å². The summed E-state index contributed by atoms with van der Waals surface area (Å²) in [4.78, 5) is 0. The standard InChI is InChI=1S/C27H35Si.3CH3.Ti/c1-19(2)18-28(25-12-10-9-11-13-25,26-15-20(3)14-21(4)16-26)27(8)17-22(5)23(6)24(27)7;;;;/h9-16,19H,18H2,1-8H3;3*1H3;. The van der Waals surface area contributed by atoms with E-state index < -0.39 is 24.7 Å². The Hall–Kier alpha value is -1.15. The molecule has 0 fully saturated rings. The van der Waals surface area contributed by atoms with Gasteiger partial charge in [-0.3, -0.25) is 0 Å². The quantitative estimate of drug-likeness (QED) is 0.366. The van der Waals surface area contributed by atoms with Crippen molar-refractivity contribution < 1.29 is 16.6 Å². The minimum absolute atomic E-state index is 0.116. The first-order valence-corrected chi connectivity index (χ1v) is 20.0. The molecule has 0 aliphatic heterocycles. The van der Waals surface area contributed by atoms with E-state index in [2.05, 4.69) is 120 Å². The van der Waals surface area contributed by atoms with Gasteiger partial charge in [0.2, 0.25) is 0 Å². The van der Waals surface area contributed by atoms with Crippen LogP contribution in [0.5, 0.6) is 0 Å². The van der Waals surface area contributed by atoms with Crippen LogP contribution in [0.1, 0.15) is 52.7 Å². The number of hydrogen-bond donors (Lipinski definition) is 0. The molecule has 0 saturated carbocycles. The van der Waals surface area contributed by atoms with Gasteiger partial charge in [-0.1, -0.05) is 0 Å². The predicted octanol–water partition coefficient (Wildman–Crippen LogP) is 8.20. The molecule has 0 saturated heterocycles. The summed E-state index contributed by atoms with van der Waals surface area (Å²) < 4.78 is 1.85. The molecule has 172 valence electrons. The van der Waals surface area contributed by atoms with Crippen LogP contribution in [0.4, 0.5) is 0 Å². The van der Waals surface area contributed by atoms with Crippen molar-refractivity contribution in [1.82, 2.24) is 0 Å². The topological polar surface area (TPSA) is 0 Å². The van der Waals surface area contributed by atoms with Gasteiger partial charge in [0.15, 0.2) is 0 Å². The van der Waals surface area contributed by atoms with Crippen molar-refractivity contribution in [3.63, 3.8) is 0 Å². The van der Waals surface area contributed by atoms with Crippen molar-refractivity contribution >= 4 is 18.4 Å². The van der Waals surface area contributed by atoms with Gasteiger partial charge in [-0.15, -0.1) is 0 Å². The Morgan fingerprint density at radius 2 is 1.31 bits per heavy atom. The molecule has 0 amide bonds. The van der Waals surface area contributed by atoms with Gasteiger partial charge in [0.05, 0.1) is 0 Å². The molecule has 0 aromatic heterocycles. The molecule has 0 spiro atoms. The molecule has 0 bridgehead atoms. The Morgan fingerprint density at radius 1 is 0.781 bits per heavy atom. The second kappa shape index (κ2) is 8.90. The van der Waals surface area contributed by atoms with Crippen LogP contribution < -0.4 is 10.4 Å². The van der Waals surface area contributed by atoms with Gasteiger partial charge < -0.3 is 0 Å². The average molecular weight is 481 g/mol. The van der Waals surface area contributed by atoms with E-state index in [-0.39, 0.29) is 5.04 Å². The summed E-state index contributed by atoms with van der Waals surface area (Å²) in [6.45, 7) is 19.4. The molecule has 3 rings (SSSR count). The van der Waals surface area contributed by atoms with Gasteiger partial charge in [0.1, 0.15) is 0 Å². The summed E-state index contributed by atoms with van der Waals surface area (Å²) in [5.41, 5.74) is 7.61. The number of rotatable bonds is 6. The van der Waals surface area contributed by atoms with Crippen LogP contribution in [-0.2, 0) is 16.6 Å². The molecule has 2 aromatic rings. The van der Waals surface area contributed by atoms with Crippen LogP contribution in [0, 0.1) is 19.8 Å². The van der Waals surface area contributed by atoms with E-state index in [9.17, 15) is 0 Å². The first-order valence-electron chi connectivity index (χ1n) is 12.3. The average Bonchev–Trinajstić information content (AvgIpc) is 2.86. The molecular weight excluding hydrogens is 436 g/mol. The zero-order chi connectivity index (χ0) is 24.1. The van der Waals surface area contributed by atoms with Gasteiger partial charge in [0, 0.05) is 0 Å². The SMILES string of the molecule is CC1=C(C)C(C)([Si](CC(C)C)(c2ccccc2)c2cc(C)cc(C)c2)[C]([Ti]([CH3])([CH3])[CH3])=C1C. The van der Waals surface area contributed by atoms with Gasteiger partial charge in [-0.25, -0.2) is 0 Å². The summed E-state index contributed by atoms with van der Waals surface area (Å²) in [5, 5.41) is 11.2. The van der Waals surface area contributed by atoms with Gasteiger partial charge in [0.25, 0.3) is 0 Å². The normalized spacial score (nSPS) is 21.5. The van der Waals surface area contributed by atoms with Crippen molar-refractivity contribution in [3.05, 3.63) is 80.3 Å². The second-order valence-electron chi connectivity index (χ2n) is 11.9. The van der Waals surface area contributed by atoms with Crippen LogP contribution in [-0.4, -0.2) is 8.07 Å². The van der Waals surface area contributed by atoms with Crippen LogP contribution >= 0.6 is 0 Å². The molecule has 1 aliphatic carbocycles. The molecule has 2 aromatic carbocycles. The molecule has 2 unspecified atom stereocenters. The van der Waals surface area contributed by atoms with E-state index in [4.69, 9.17) is 0 Å². The Balaban J connectivity index is 2.57. The Kier molecular flexibility index (Phi) is 7.08. The van der Waals surface area contributed by atoms with Crippen LogP contribution in [0.25, 0.3) is 0 Å². The summed E-state index contributed by atoms with van der Waals surface area (Å²) in [5.74, 6) is 0.641. The van der Waals surface area contributed by atoms with Crippen molar-refractivity contribution in [3.8, 4) is 0 Å². The third kappa shape index (κ3) is 3.99. The third-order valence-electron chi connectivity index (χ3n) is 8.05. The maximum atomic E-state index is 2.66. The Bertz CT molecular complexity index is 1050. The third-order valence-corrected chi connectivity index (χ3v) is 18.5. The number of allylic oxidation sites excluding steroid dienone is 4. The Labute approximate surface area is 202 Å². The first-order chi connectivity index (χ1) is 14.8. The summed E-state index contributed by atoms with van der Waals surface area (Å²) in [7, 11) is -2.25. The van der Waals surface area contributed by atoms with E-state index in [0.29, 0.717) is 5.92 Å². The van der Waals surface area contributed by atoms with E-state index in [0.717, 1.165) is 0 Å². The molecule has 1 aliphatic rings. The maximum absolute atomic E-state index is 2.66. The number of aryl methyl sites for hydroxylation is 2. The van der Waals surface area contributed by atoms with Crippen molar-refractivity contribution in [1.29, 1.82) is 0 Å². The molecule has 2 heteroatoms. The van der Waals surface area contributed by atoms with Crippen LogP contribution in [0.15, 0.2) is 69.1 Å². The molecule has 0 nitrogen and oxygen atoms in total. The number of benzene rings is 2. The van der Waals surface area contributed by atoms with Crippen LogP contribution in [0.2, 0.25) is 26.8 Å². The Morgan fingerprint density at radius 3 is 1.78 bits per heavy atom. The summed E-state index contributed by atoms with van der Waals surface area (Å²) in [6.07, 6.45) is 0. The van der Waals surface area contributed by atoms with Crippen molar-refractivity contribution in [2.75, 3.05) is 0 Å². The second-order valence-corrected chi connectivity index (χ2v) is 24.1. The molecular formula is C30H44SiTi. The molecule has 0 radical (unpaired) electrons. The fraction of sp³-hybridized carbons (Fsp3) is 0.467. The van der Waals surface area contributed by atoms with Crippen molar-refractivity contribution in [2.24, 2.45) is 5.92 Å². The van der Waals surface area contributed by atoms with E-state index >= 15 is 0 Å². The summed E-state index contributed by atoms with van der Waals surface area (Å²) in [6, 6.07) is 20.4. The van der Waals surface area contributed by atoms with Crippen LogP contribution in [0.3, 0.4) is 0 Å². The zero-order valence-corrected chi connectivity index (χ0v) is 25.0. The molecule has 2 atom stereocenters. The van der Waals surface area contributed by atoms with E-state index in [1.807, 2.05) is 3.88 Å². The minimum atomic E-state index is -2.25.